The first kappa shape index (κ1) is 23.5. The molecule has 0 bridgehead atoms. The molecule has 6 nitrogen and oxygen atoms in total. The molecule has 3 aromatic carbocycles. The second-order valence-electron chi connectivity index (χ2n) is 9.04. The first-order valence-electron chi connectivity index (χ1n) is 11.9. The number of halogens is 1. The van der Waals surface area contributed by atoms with Crippen LogP contribution in [-0.4, -0.2) is 36.3 Å². The molecular weight excluding hydrogens is 462 g/mol. The minimum Gasteiger partial charge on any atom is -0.365 e. The third-order valence-electron chi connectivity index (χ3n) is 6.90. The van der Waals surface area contributed by atoms with Crippen LogP contribution in [0.5, 0.6) is 0 Å². The summed E-state index contributed by atoms with van der Waals surface area (Å²) < 4.78 is 6.22. The molecule has 2 aliphatic rings. The van der Waals surface area contributed by atoms with Gasteiger partial charge in [0.1, 0.15) is 6.04 Å². The van der Waals surface area contributed by atoms with E-state index in [4.69, 9.17) is 16.3 Å². The van der Waals surface area contributed by atoms with Crippen LogP contribution < -0.4 is 10.6 Å². The largest absolute Gasteiger partial charge is 0.365 e. The Labute approximate surface area is 210 Å². The number of anilines is 1. The normalized spacial score (nSPS) is 17.1. The van der Waals surface area contributed by atoms with Gasteiger partial charge in [-0.2, -0.15) is 0 Å². The maximum atomic E-state index is 13.1. The lowest BCUT2D eigenvalue weighted by atomic mass is 9.84. The third kappa shape index (κ3) is 5.10. The van der Waals surface area contributed by atoms with E-state index in [-0.39, 0.29) is 24.0 Å². The van der Waals surface area contributed by atoms with Crippen LogP contribution in [0.1, 0.15) is 35.6 Å². The van der Waals surface area contributed by atoms with Crippen LogP contribution in [0.25, 0.3) is 0 Å². The molecule has 0 unspecified atom stereocenters. The molecule has 3 aromatic rings. The number of carbonyl (C=O) groups is 2. The van der Waals surface area contributed by atoms with Gasteiger partial charge in [0.15, 0.2) is 0 Å². The molecule has 1 spiro atoms. The zero-order valence-electron chi connectivity index (χ0n) is 19.4. The molecule has 0 radical (unpaired) electrons. The fourth-order valence-electron chi connectivity index (χ4n) is 4.97. The molecule has 7 heteroatoms. The predicted molar refractivity (Wildman–Crippen MR) is 136 cm³/mol. The highest BCUT2D eigenvalue weighted by atomic mass is 35.5. The third-order valence-corrected chi connectivity index (χ3v) is 7.15. The number of ether oxygens (including phenoxy) is 1. The van der Waals surface area contributed by atoms with Gasteiger partial charge < -0.3 is 15.0 Å². The number of nitrogens with one attached hydrogen (secondary N) is 2. The van der Waals surface area contributed by atoms with Crippen molar-refractivity contribution in [3.8, 4) is 0 Å². The number of piperidine rings is 1. The van der Waals surface area contributed by atoms with Gasteiger partial charge in [0, 0.05) is 23.8 Å². The summed E-state index contributed by atoms with van der Waals surface area (Å²) in [4.78, 5) is 28.1. The van der Waals surface area contributed by atoms with Gasteiger partial charge >= 0.3 is 0 Å². The van der Waals surface area contributed by atoms with E-state index in [0.29, 0.717) is 30.4 Å². The average molecular weight is 490 g/mol. The molecule has 2 aliphatic heterocycles. The van der Waals surface area contributed by atoms with E-state index in [1.54, 1.807) is 24.3 Å². The Morgan fingerprint density at radius 3 is 2.37 bits per heavy atom. The molecular formula is C28H28ClN3O3. The SMILES string of the molecule is O=C(Nc1ccc(Cl)cc1)[C@H](NCC(=O)N1CCC2(CC1)OCc1ccccc12)c1ccccc1. The van der Waals surface area contributed by atoms with Crippen LogP contribution in [0.15, 0.2) is 78.9 Å². The maximum absolute atomic E-state index is 13.1. The summed E-state index contributed by atoms with van der Waals surface area (Å²) in [6, 6.07) is 24.0. The van der Waals surface area contributed by atoms with Crippen molar-refractivity contribution in [2.45, 2.75) is 31.1 Å². The van der Waals surface area contributed by atoms with Crippen LogP contribution in [-0.2, 0) is 26.5 Å². The second-order valence-corrected chi connectivity index (χ2v) is 9.48. The summed E-state index contributed by atoms with van der Waals surface area (Å²) >= 11 is 5.95. The molecule has 1 atom stereocenters. The number of nitrogens with zero attached hydrogens (tertiary/aromatic N) is 1. The van der Waals surface area contributed by atoms with Crippen molar-refractivity contribution >= 4 is 29.1 Å². The molecule has 35 heavy (non-hydrogen) atoms. The lowest BCUT2D eigenvalue weighted by Gasteiger charge is -2.39. The van der Waals surface area contributed by atoms with Crippen LogP contribution in [0.4, 0.5) is 5.69 Å². The second kappa shape index (κ2) is 10.2. The predicted octanol–water partition coefficient (Wildman–Crippen LogP) is 4.66. The van der Waals surface area contributed by atoms with E-state index in [9.17, 15) is 9.59 Å². The molecule has 0 saturated carbocycles. The molecule has 1 fully saturated rings. The van der Waals surface area contributed by atoms with Gasteiger partial charge in [0.2, 0.25) is 11.8 Å². The lowest BCUT2D eigenvalue weighted by molar-refractivity contribution is -0.137. The van der Waals surface area contributed by atoms with Crippen LogP contribution in [0.2, 0.25) is 5.02 Å². The summed E-state index contributed by atoms with van der Waals surface area (Å²) in [5.74, 6) is -0.258. The maximum Gasteiger partial charge on any atom is 0.246 e. The summed E-state index contributed by atoms with van der Waals surface area (Å²) in [7, 11) is 0. The Hall–Kier alpha value is -3.19. The van der Waals surface area contributed by atoms with Gasteiger partial charge in [-0.15, -0.1) is 0 Å². The lowest BCUT2D eigenvalue weighted by Crippen LogP contribution is -2.48. The number of carbonyl (C=O) groups excluding carboxylic acids is 2. The van der Waals surface area contributed by atoms with E-state index in [2.05, 4.69) is 28.8 Å². The van der Waals surface area contributed by atoms with E-state index in [1.807, 2.05) is 41.3 Å². The molecule has 5 rings (SSSR count). The van der Waals surface area contributed by atoms with Crippen molar-refractivity contribution < 1.29 is 14.3 Å². The Bertz CT molecular complexity index is 1190. The molecule has 180 valence electrons. The van der Waals surface area contributed by atoms with E-state index in [0.717, 1.165) is 18.4 Å². The zero-order chi connectivity index (χ0) is 24.3. The van der Waals surface area contributed by atoms with Gasteiger partial charge in [0.05, 0.1) is 18.8 Å². The van der Waals surface area contributed by atoms with Gasteiger partial charge in [-0.25, -0.2) is 0 Å². The smallest absolute Gasteiger partial charge is 0.246 e. The van der Waals surface area contributed by atoms with E-state index >= 15 is 0 Å². The van der Waals surface area contributed by atoms with Gasteiger partial charge in [-0.05, 0) is 53.8 Å². The van der Waals surface area contributed by atoms with Crippen molar-refractivity contribution in [2.75, 3.05) is 25.0 Å². The summed E-state index contributed by atoms with van der Waals surface area (Å²) in [6.07, 6.45) is 1.55. The van der Waals surface area contributed by atoms with Crippen molar-refractivity contribution in [3.63, 3.8) is 0 Å². The molecule has 2 N–H and O–H groups in total. The average Bonchev–Trinajstić information content (AvgIpc) is 3.24. The number of amides is 2. The number of rotatable bonds is 6. The quantitative estimate of drug-likeness (QED) is 0.528. The van der Waals surface area contributed by atoms with Crippen LogP contribution in [0, 0.1) is 0 Å². The van der Waals surface area contributed by atoms with Gasteiger partial charge in [-0.1, -0.05) is 66.2 Å². The Morgan fingerprint density at radius 2 is 1.63 bits per heavy atom. The number of fused-ring (bicyclic) bond motifs is 2. The Kier molecular flexibility index (Phi) is 6.86. The Balaban J connectivity index is 1.22. The monoisotopic (exact) mass is 489 g/mol. The Morgan fingerprint density at radius 1 is 0.943 bits per heavy atom. The van der Waals surface area contributed by atoms with Crippen molar-refractivity contribution in [1.29, 1.82) is 0 Å². The van der Waals surface area contributed by atoms with Crippen LogP contribution in [0.3, 0.4) is 0 Å². The van der Waals surface area contributed by atoms with Gasteiger partial charge in [0.25, 0.3) is 0 Å². The van der Waals surface area contributed by atoms with Crippen molar-refractivity contribution in [3.05, 3.63) is 101 Å². The zero-order valence-corrected chi connectivity index (χ0v) is 20.1. The molecule has 1 saturated heterocycles. The van der Waals surface area contributed by atoms with Crippen molar-refractivity contribution in [2.24, 2.45) is 0 Å². The first-order chi connectivity index (χ1) is 17.0. The molecule has 0 aromatic heterocycles. The van der Waals surface area contributed by atoms with E-state index < -0.39 is 6.04 Å². The number of hydrogen-bond acceptors (Lipinski definition) is 4. The highest BCUT2D eigenvalue weighted by Crippen LogP contribution is 2.43. The fourth-order valence-corrected chi connectivity index (χ4v) is 5.10. The first-order valence-corrected chi connectivity index (χ1v) is 12.3. The minimum atomic E-state index is -0.669. The summed E-state index contributed by atoms with van der Waals surface area (Å²) in [5.41, 5.74) is 3.65. The number of likely N-dealkylation sites (tertiary alicyclic amines) is 1. The minimum absolute atomic E-state index is 0.0219. The van der Waals surface area contributed by atoms with Crippen molar-refractivity contribution in [1.82, 2.24) is 10.2 Å². The summed E-state index contributed by atoms with van der Waals surface area (Å²) in [5, 5.41) is 6.69. The fraction of sp³-hybridized carbons (Fsp3) is 0.286. The standard InChI is InChI=1S/C28H28ClN3O3/c29-22-10-12-23(13-11-22)31-27(34)26(20-6-2-1-3-7-20)30-18-25(33)32-16-14-28(15-17-32)24-9-5-4-8-21(24)19-35-28/h1-13,26,30H,14-19H2,(H,31,34)/t26-/m1/s1. The highest BCUT2D eigenvalue weighted by Gasteiger charge is 2.43. The van der Waals surface area contributed by atoms with E-state index in [1.165, 1.54) is 11.1 Å². The highest BCUT2D eigenvalue weighted by molar-refractivity contribution is 6.30. The molecule has 2 heterocycles. The topological polar surface area (TPSA) is 70.7 Å². The van der Waals surface area contributed by atoms with Gasteiger partial charge in [-0.3, -0.25) is 14.9 Å². The molecule has 2 amide bonds. The summed E-state index contributed by atoms with van der Waals surface area (Å²) in [6.45, 7) is 1.95. The number of benzene rings is 3. The number of hydrogen-bond donors (Lipinski definition) is 2. The molecule has 0 aliphatic carbocycles. The van der Waals surface area contributed by atoms with Crippen LogP contribution >= 0.6 is 11.6 Å².